The van der Waals surface area contributed by atoms with Crippen molar-refractivity contribution in [3.8, 4) is 0 Å². The van der Waals surface area contributed by atoms with E-state index < -0.39 is 6.10 Å². The van der Waals surface area contributed by atoms with Crippen LogP contribution < -0.4 is 0 Å². The SMILES string of the molecule is CCCCCCCCCCCC(=O)N(Cl)CC(C)O. The molecule has 0 spiro atoms. The lowest BCUT2D eigenvalue weighted by Crippen LogP contribution is -2.28. The minimum atomic E-state index is -0.565. The Labute approximate surface area is 123 Å². The molecule has 0 heterocycles. The Balaban J connectivity index is 3.32. The molecule has 1 unspecified atom stereocenters. The van der Waals surface area contributed by atoms with Crippen LogP contribution in [0, 0.1) is 0 Å². The molecule has 0 aliphatic rings. The van der Waals surface area contributed by atoms with Gasteiger partial charge in [0.05, 0.1) is 12.6 Å². The Morgan fingerprint density at radius 1 is 1.05 bits per heavy atom. The molecular weight excluding hydrogens is 262 g/mol. The van der Waals surface area contributed by atoms with Gasteiger partial charge in [-0.25, -0.2) is 0 Å². The van der Waals surface area contributed by atoms with Gasteiger partial charge in [0.15, 0.2) is 0 Å². The molecule has 3 nitrogen and oxygen atoms in total. The van der Waals surface area contributed by atoms with E-state index in [0.29, 0.717) is 6.42 Å². The van der Waals surface area contributed by atoms with Crippen LogP contribution in [0.4, 0.5) is 0 Å². The fraction of sp³-hybridized carbons (Fsp3) is 0.933. The van der Waals surface area contributed by atoms with Gasteiger partial charge in [-0.2, -0.15) is 0 Å². The Bertz CT molecular complexity index is 222. The van der Waals surface area contributed by atoms with Gasteiger partial charge in [0.2, 0.25) is 5.91 Å². The fourth-order valence-electron chi connectivity index (χ4n) is 2.04. The van der Waals surface area contributed by atoms with Crippen LogP contribution in [0.15, 0.2) is 0 Å². The van der Waals surface area contributed by atoms with Crippen molar-refractivity contribution in [2.24, 2.45) is 0 Å². The lowest BCUT2D eigenvalue weighted by atomic mass is 10.1. The normalized spacial score (nSPS) is 12.4. The van der Waals surface area contributed by atoms with Gasteiger partial charge >= 0.3 is 0 Å². The van der Waals surface area contributed by atoms with Crippen LogP contribution in [-0.4, -0.2) is 28.1 Å². The molecule has 0 aliphatic carbocycles. The predicted octanol–water partition coefficient (Wildman–Crippen LogP) is 4.27. The van der Waals surface area contributed by atoms with Crippen molar-refractivity contribution < 1.29 is 9.90 Å². The van der Waals surface area contributed by atoms with E-state index in [4.69, 9.17) is 16.9 Å². The Morgan fingerprint density at radius 3 is 2.00 bits per heavy atom. The van der Waals surface area contributed by atoms with Crippen LogP contribution in [0.3, 0.4) is 0 Å². The maximum Gasteiger partial charge on any atom is 0.237 e. The predicted molar refractivity (Wildman–Crippen MR) is 81.1 cm³/mol. The van der Waals surface area contributed by atoms with Crippen molar-refractivity contribution in [3.63, 3.8) is 0 Å². The van der Waals surface area contributed by atoms with Crippen LogP contribution in [0.25, 0.3) is 0 Å². The number of amides is 1. The monoisotopic (exact) mass is 291 g/mol. The lowest BCUT2D eigenvalue weighted by molar-refractivity contribution is -0.127. The standard InChI is InChI=1S/C15H30ClNO2/c1-3-4-5-6-7-8-9-10-11-12-15(19)17(16)13-14(2)18/h14,18H,3-13H2,1-2H3. The second kappa shape index (κ2) is 12.7. The average Bonchev–Trinajstić information content (AvgIpc) is 2.35. The number of nitrogens with zero attached hydrogens (tertiary/aromatic N) is 1. The third-order valence-electron chi connectivity index (χ3n) is 3.19. The van der Waals surface area contributed by atoms with Gasteiger partial charge in [-0.05, 0) is 13.3 Å². The number of aliphatic hydroxyl groups is 1. The van der Waals surface area contributed by atoms with Gasteiger partial charge in [0.25, 0.3) is 0 Å². The number of halogens is 1. The smallest absolute Gasteiger partial charge is 0.237 e. The van der Waals surface area contributed by atoms with E-state index in [1.54, 1.807) is 6.92 Å². The van der Waals surface area contributed by atoms with Crippen molar-refractivity contribution in [1.82, 2.24) is 4.42 Å². The second-order valence-corrected chi connectivity index (χ2v) is 5.77. The zero-order chi connectivity index (χ0) is 14.5. The van der Waals surface area contributed by atoms with Crippen molar-refractivity contribution >= 4 is 17.7 Å². The molecule has 1 amide bonds. The molecule has 0 rings (SSSR count). The first kappa shape index (κ1) is 18.7. The second-order valence-electron chi connectivity index (χ2n) is 5.37. The van der Waals surface area contributed by atoms with E-state index >= 15 is 0 Å². The molecule has 0 bridgehead atoms. The highest BCUT2D eigenvalue weighted by Gasteiger charge is 2.12. The van der Waals surface area contributed by atoms with Crippen LogP contribution in [-0.2, 0) is 4.79 Å². The average molecular weight is 292 g/mol. The lowest BCUT2D eigenvalue weighted by Gasteiger charge is -2.15. The maximum absolute atomic E-state index is 11.6. The Morgan fingerprint density at radius 2 is 1.53 bits per heavy atom. The van der Waals surface area contributed by atoms with E-state index in [-0.39, 0.29) is 12.5 Å². The van der Waals surface area contributed by atoms with Crippen molar-refractivity contribution in [3.05, 3.63) is 0 Å². The van der Waals surface area contributed by atoms with Crippen LogP contribution >= 0.6 is 11.8 Å². The summed E-state index contributed by atoms with van der Waals surface area (Å²) in [5.41, 5.74) is 0. The summed E-state index contributed by atoms with van der Waals surface area (Å²) in [5.74, 6) is -0.0782. The molecular formula is C15H30ClNO2. The number of unbranched alkanes of at least 4 members (excludes halogenated alkanes) is 8. The fourth-order valence-corrected chi connectivity index (χ4v) is 2.33. The molecule has 0 fully saturated rings. The van der Waals surface area contributed by atoms with Gasteiger partial charge in [-0.15, -0.1) is 0 Å². The minimum Gasteiger partial charge on any atom is -0.392 e. The molecule has 0 aromatic heterocycles. The third-order valence-corrected chi connectivity index (χ3v) is 3.52. The molecule has 0 radical (unpaired) electrons. The largest absolute Gasteiger partial charge is 0.392 e. The number of hydrogen-bond acceptors (Lipinski definition) is 2. The van der Waals surface area contributed by atoms with Crippen molar-refractivity contribution in [2.45, 2.75) is 84.2 Å². The number of carbonyl (C=O) groups excluding carboxylic acids is 1. The summed E-state index contributed by atoms with van der Waals surface area (Å²) in [6, 6.07) is 0. The first-order valence-corrected chi connectivity index (χ1v) is 8.06. The van der Waals surface area contributed by atoms with Gasteiger partial charge < -0.3 is 5.11 Å². The topological polar surface area (TPSA) is 40.5 Å². The van der Waals surface area contributed by atoms with E-state index in [2.05, 4.69) is 6.92 Å². The molecule has 4 heteroatoms. The minimum absolute atomic E-state index is 0.0782. The zero-order valence-corrected chi connectivity index (χ0v) is 13.3. The molecule has 0 saturated carbocycles. The summed E-state index contributed by atoms with van der Waals surface area (Å²) in [5, 5.41) is 9.12. The summed E-state index contributed by atoms with van der Waals surface area (Å²) in [6.45, 7) is 4.06. The molecule has 1 N–H and O–H groups in total. The number of hydrogen-bond donors (Lipinski definition) is 1. The highest BCUT2D eigenvalue weighted by Crippen LogP contribution is 2.11. The molecule has 0 aliphatic heterocycles. The Kier molecular flexibility index (Phi) is 12.6. The van der Waals surface area contributed by atoms with Crippen molar-refractivity contribution in [1.29, 1.82) is 0 Å². The summed E-state index contributed by atoms with van der Waals surface area (Å²) < 4.78 is 1.11. The molecule has 0 aromatic carbocycles. The van der Waals surface area contributed by atoms with E-state index in [1.807, 2.05) is 0 Å². The highest BCUT2D eigenvalue weighted by molar-refractivity contribution is 6.21. The van der Waals surface area contributed by atoms with Crippen LogP contribution in [0.2, 0.25) is 0 Å². The summed E-state index contributed by atoms with van der Waals surface area (Å²) in [7, 11) is 0. The van der Waals surface area contributed by atoms with E-state index in [1.165, 1.54) is 44.9 Å². The number of rotatable bonds is 12. The van der Waals surface area contributed by atoms with Crippen LogP contribution in [0.1, 0.15) is 78.1 Å². The highest BCUT2D eigenvalue weighted by atomic mass is 35.5. The van der Waals surface area contributed by atoms with E-state index in [0.717, 1.165) is 17.3 Å². The molecule has 0 saturated heterocycles. The van der Waals surface area contributed by atoms with E-state index in [9.17, 15) is 4.79 Å². The molecule has 0 aromatic rings. The van der Waals surface area contributed by atoms with Gasteiger partial charge in [0, 0.05) is 18.2 Å². The zero-order valence-electron chi connectivity index (χ0n) is 12.5. The first-order valence-electron chi connectivity index (χ1n) is 7.72. The summed E-state index contributed by atoms with van der Waals surface area (Å²) in [4.78, 5) is 11.6. The van der Waals surface area contributed by atoms with Gasteiger partial charge in [-0.3, -0.25) is 9.21 Å². The summed E-state index contributed by atoms with van der Waals surface area (Å²) >= 11 is 5.76. The third kappa shape index (κ3) is 12.5. The van der Waals surface area contributed by atoms with Gasteiger partial charge in [-0.1, -0.05) is 58.3 Å². The van der Waals surface area contributed by atoms with Crippen LogP contribution in [0.5, 0.6) is 0 Å². The first-order chi connectivity index (χ1) is 9.07. The molecule has 19 heavy (non-hydrogen) atoms. The number of carbonyl (C=O) groups is 1. The molecule has 114 valence electrons. The number of aliphatic hydroxyl groups excluding tert-OH is 1. The van der Waals surface area contributed by atoms with Crippen molar-refractivity contribution in [2.75, 3.05) is 6.54 Å². The maximum atomic E-state index is 11.6. The Hall–Kier alpha value is -0.280. The molecule has 1 atom stereocenters. The summed E-state index contributed by atoms with van der Waals surface area (Å²) in [6.07, 6.45) is 11.1. The van der Waals surface area contributed by atoms with Gasteiger partial charge in [0.1, 0.15) is 0 Å². The quantitative estimate of drug-likeness (QED) is 0.431.